The van der Waals surface area contributed by atoms with Crippen molar-refractivity contribution in [3.05, 3.63) is 12.2 Å². The minimum Gasteiger partial charge on any atom is -0.481 e. The first-order valence-electron chi connectivity index (χ1n) is 6.91. The topological polar surface area (TPSA) is 97.1 Å². The van der Waals surface area contributed by atoms with Crippen molar-refractivity contribution in [2.45, 2.75) is 32.1 Å². The number of carbonyl (C=O) groups is 2. The van der Waals surface area contributed by atoms with Crippen LogP contribution in [0.2, 0.25) is 0 Å². The molecule has 0 radical (unpaired) electrons. The second kappa shape index (κ2) is 6.49. The van der Waals surface area contributed by atoms with Crippen LogP contribution >= 0.6 is 0 Å². The molecule has 7 heteroatoms. The molecule has 1 amide bonds. The van der Waals surface area contributed by atoms with Gasteiger partial charge in [-0.25, -0.2) is 0 Å². The number of aliphatic carboxylic acids is 1. The standard InChI is InChI=1S/C13H20N4O3/c1-17-8-15-16-11(17)6-7-14-12(18)9-2-4-10(5-3-9)13(19)20/h8-10H,2-7H2,1H3,(H,14,18)(H,19,20). The summed E-state index contributed by atoms with van der Waals surface area (Å²) >= 11 is 0. The highest BCUT2D eigenvalue weighted by molar-refractivity contribution is 5.79. The third-order valence-corrected chi connectivity index (χ3v) is 3.90. The number of rotatable bonds is 5. The monoisotopic (exact) mass is 280 g/mol. The molecule has 0 unspecified atom stereocenters. The first-order valence-corrected chi connectivity index (χ1v) is 6.91. The molecule has 2 rings (SSSR count). The summed E-state index contributed by atoms with van der Waals surface area (Å²) < 4.78 is 1.82. The van der Waals surface area contributed by atoms with E-state index in [0.717, 1.165) is 5.82 Å². The Kier molecular flexibility index (Phi) is 4.70. The molecule has 7 nitrogen and oxygen atoms in total. The Morgan fingerprint density at radius 2 is 2.00 bits per heavy atom. The van der Waals surface area contributed by atoms with Gasteiger partial charge in [-0.15, -0.1) is 10.2 Å². The summed E-state index contributed by atoms with van der Waals surface area (Å²) in [6.07, 6.45) is 4.78. The molecule has 1 aromatic heterocycles. The number of carbonyl (C=O) groups excluding carboxylic acids is 1. The fourth-order valence-corrected chi connectivity index (χ4v) is 2.58. The number of aryl methyl sites for hydroxylation is 1. The van der Waals surface area contributed by atoms with Crippen LogP contribution in [-0.2, 0) is 23.1 Å². The molecule has 0 spiro atoms. The van der Waals surface area contributed by atoms with Crippen molar-refractivity contribution in [1.29, 1.82) is 0 Å². The first-order chi connectivity index (χ1) is 9.58. The summed E-state index contributed by atoms with van der Waals surface area (Å²) in [6, 6.07) is 0. The number of amides is 1. The average Bonchev–Trinajstić information content (AvgIpc) is 2.84. The Bertz CT molecular complexity index is 478. The Balaban J connectivity index is 1.71. The van der Waals surface area contributed by atoms with Crippen LogP contribution in [0.4, 0.5) is 0 Å². The SMILES string of the molecule is Cn1cnnc1CCNC(=O)C1CCC(C(=O)O)CC1. The van der Waals surface area contributed by atoms with E-state index in [1.54, 1.807) is 6.33 Å². The Hall–Kier alpha value is -1.92. The molecule has 110 valence electrons. The largest absolute Gasteiger partial charge is 0.481 e. The zero-order valence-corrected chi connectivity index (χ0v) is 11.6. The van der Waals surface area contributed by atoms with Gasteiger partial charge in [0.2, 0.25) is 5.91 Å². The summed E-state index contributed by atoms with van der Waals surface area (Å²) in [5.74, 6) is -0.218. The molecule has 1 aliphatic carbocycles. The van der Waals surface area contributed by atoms with Gasteiger partial charge >= 0.3 is 5.97 Å². The summed E-state index contributed by atoms with van der Waals surface area (Å²) in [7, 11) is 1.87. The number of hydrogen-bond donors (Lipinski definition) is 2. The van der Waals surface area contributed by atoms with Crippen molar-refractivity contribution in [1.82, 2.24) is 20.1 Å². The molecule has 20 heavy (non-hydrogen) atoms. The number of aromatic nitrogens is 3. The van der Waals surface area contributed by atoms with Crippen LogP contribution in [0.15, 0.2) is 6.33 Å². The number of nitrogens with zero attached hydrogens (tertiary/aromatic N) is 3. The van der Waals surface area contributed by atoms with Gasteiger partial charge in [-0.3, -0.25) is 9.59 Å². The fourth-order valence-electron chi connectivity index (χ4n) is 2.58. The maximum absolute atomic E-state index is 12.0. The minimum absolute atomic E-state index is 0.0241. The van der Waals surface area contributed by atoms with Crippen LogP contribution in [-0.4, -0.2) is 38.3 Å². The fraction of sp³-hybridized carbons (Fsp3) is 0.692. The van der Waals surface area contributed by atoms with Gasteiger partial charge in [-0.2, -0.15) is 0 Å². The van der Waals surface area contributed by atoms with Crippen LogP contribution in [0.1, 0.15) is 31.5 Å². The lowest BCUT2D eigenvalue weighted by molar-refractivity contribution is -0.144. The highest BCUT2D eigenvalue weighted by Gasteiger charge is 2.29. The number of hydrogen-bond acceptors (Lipinski definition) is 4. The quantitative estimate of drug-likeness (QED) is 0.812. The van der Waals surface area contributed by atoms with Gasteiger partial charge in [0.15, 0.2) is 0 Å². The number of carboxylic acid groups (broad SMARTS) is 1. The van der Waals surface area contributed by atoms with Crippen molar-refractivity contribution in [2.75, 3.05) is 6.54 Å². The molecular weight excluding hydrogens is 260 g/mol. The normalized spacial score (nSPS) is 22.4. The first kappa shape index (κ1) is 14.5. The van der Waals surface area contributed by atoms with Crippen molar-refractivity contribution < 1.29 is 14.7 Å². The lowest BCUT2D eigenvalue weighted by atomic mass is 9.81. The molecule has 0 bridgehead atoms. The van der Waals surface area contributed by atoms with Gasteiger partial charge in [-0.1, -0.05) is 0 Å². The Morgan fingerprint density at radius 3 is 2.55 bits per heavy atom. The molecule has 1 fully saturated rings. The molecule has 1 aliphatic rings. The lowest BCUT2D eigenvalue weighted by Gasteiger charge is -2.25. The van der Waals surface area contributed by atoms with Crippen molar-refractivity contribution in [3.8, 4) is 0 Å². The zero-order chi connectivity index (χ0) is 14.5. The highest BCUT2D eigenvalue weighted by Crippen LogP contribution is 2.28. The van der Waals surface area contributed by atoms with Gasteiger partial charge in [0, 0.05) is 25.9 Å². The molecule has 1 saturated carbocycles. The van der Waals surface area contributed by atoms with Crippen molar-refractivity contribution in [3.63, 3.8) is 0 Å². The molecule has 0 atom stereocenters. The highest BCUT2D eigenvalue weighted by atomic mass is 16.4. The second-order valence-electron chi connectivity index (χ2n) is 5.29. The van der Waals surface area contributed by atoms with Crippen LogP contribution in [0.3, 0.4) is 0 Å². The predicted octanol–water partition coefficient (Wildman–Crippen LogP) is 0.365. The maximum atomic E-state index is 12.0. The van der Waals surface area contributed by atoms with E-state index >= 15 is 0 Å². The lowest BCUT2D eigenvalue weighted by Crippen LogP contribution is -2.35. The van der Waals surface area contributed by atoms with E-state index in [1.165, 1.54) is 0 Å². The summed E-state index contributed by atoms with van der Waals surface area (Å²) in [5.41, 5.74) is 0. The maximum Gasteiger partial charge on any atom is 0.306 e. The van der Waals surface area contributed by atoms with Gasteiger partial charge in [-0.05, 0) is 25.7 Å². The molecule has 1 heterocycles. The van der Waals surface area contributed by atoms with Gasteiger partial charge in [0.05, 0.1) is 5.92 Å². The molecule has 0 aromatic carbocycles. The Morgan fingerprint density at radius 1 is 1.35 bits per heavy atom. The predicted molar refractivity (Wildman–Crippen MR) is 70.8 cm³/mol. The van der Waals surface area contributed by atoms with E-state index in [1.807, 2.05) is 11.6 Å². The van der Waals surface area contributed by atoms with Crippen LogP contribution in [0.25, 0.3) is 0 Å². The second-order valence-corrected chi connectivity index (χ2v) is 5.29. The number of nitrogens with one attached hydrogen (secondary N) is 1. The third-order valence-electron chi connectivity index (χ3n) is 3.90. The zero-order valence-electron chi connectivity index (χ0n) is 11.6. The third kappa shape index (κ3) is 3.55. The minimum atomic E-state index is -0.744. The smallest absolute Gasteiger partial charge is 0.306 e. The summed E-state index contributed by atoms with van der Waals surface area (Å²) in [6.45, 7) is 0.532. The van der Waals surface area contributed by atoms with E-state index in [0.29, 0.717) is 38.6 Å². The molecule has 0 saturated heterocycles. The summed E-state index contributed by atoms with van der Waals surface area (Å²) in [5, 5.41) is 19.5. The molecular formula is C13H20N4O3. The number of carboxylic acids is 1. The van der Waals surface area contributed by atoms with Crippen LogP contribution < -0.4 is 5.32 Å². The Labute approximate surface area is 117 Å². The molecule has 2 N–H and O–H groups in total. The van der Waals surface area contributed by atoms with E-state index in [-0.39, 0.29) is 17.7 Å². The molecule has 1 aromatic rings. The van der Waals surface area contributed by atoms with E-state index in [9.17, 15) is 9.59 Å². The van der Waals surface area contributed by atoms with E-state index in [4.69, 9.17) is 5.11 Å². The van der Waals surface area contributed by atoms with Gasteiger partial charge in [0.1, 0.15) is 12.2 Å². The summed E-state index contributed by atoms with van der Waals surface area (Å²) in [4.78, 5) is 22.8. The van der Waals surface area contributed by atoms with E-state index in [2.05, 4.69) is 15.5 Å². The average molecular weight is 280 g/mol. The van der Waals surface area contributed by atoms with E-state index < -0.39 is 5.97 Å². The van der Waals surface area contributed by atoms with Gasteiger partial charge < -0.3 is 15.0 Å². The molecule has 0 aliphatic heterocycles. The van der Waals surface area contributed by atoms with Crippen LogP contribution in [0.5, 0.6) is 0 Å². The van der Waals surface area contributed by atoms with Crippen molar-refractivity contribution in [2.24, 2.45) is 18.9 Å². The van der Waals surface area contributed by atoms with Gasteiger partial charge in [0.25, 0.3) is 0 Å². The van der Waals surface area contributed by atoms with Crippen LogP contribution in [0, 0.1) is 11.8 Å². The van der Waals surface area contributed by atoms with Crippen molar-refractivity contribution >= 4 is 11.9 Å².